The lowest BCUT2D eigenvalue weighted by molar-refractivity contribution is -0.252. The molecule has 3 fully saturated rings. The number of ether oxygens (including phenoxy) is 3. The van der Waals surface area contributed by atoms with E-state index in [1.165, 1.54) is 16.8 Å². The van der Waals surface area contributed by atoms with E-state index >= 15 is 0 Å². The van der Waals surface area contributed by atoms with Crippen LogP contribution in [-0.4, -0.2) is 44.4 Å². The maximum atomic E-state index is 12.3. The van der Waals surface area contributed by atoms with Gasteiger partial charge in [0.25, 0.3) is 5.56 Å². The molecular weight excluding hydrogens is 328 g/mol. The van der Waals surface area contributed by atoms with Gasteiger partial charge in [-0.15, -0.1) is 0 Å². The zero-order valence-corrected chi connectivity index (χ0v) is 14.5. The molecule has 1 aromatic heterocycles. The molecule has 1 spiro atoms. The Morgan fingerprint density at radius 3 is 2.64 bits per heavy atom. The van der Waals surface area contributed by atoms with Crippen molar-refractivity contribution in [3.05, 3.63) is 33.1 Å². The molecule has 3 aliphatic rings. The lowest BCUT2D eigenvalue weighted by Crippen LogP contribution is -2.49. The van der Waals surface area contributed by atoms with Gasteiger partial charge in [0.1, 0.15) is 17.3 Å². The van der Waals surface area contributed by atoms with Gasteiger partial charge in [0.05, 0.1) is 6.61 Å². The average Bonchev–Trinajstić information content (AvgIpc) is 3.21. The Labute approximate surface area is 144 Å². The van der Waals surface area contributed by atoms with Crippen LogP contribution in [0, 0.1) is 0 Å². The van der Waals surface area contributed by atoms with Crippen LogP contribution >= 0.6 is 0 Å². The van der Waals surface area contributed by atoms with E-state index in [4.69, 9.17) is 14.2 Å². The van der Waals surface area contributed by atoms with E-state index in [-0.39, 0.29) is 6.61 Å². The van der Waals surface area contributed by atoms with Crippen molar-refractivity contribution in [2.75, 3.05) is 6.61 Å². The molecule has 0 aromatic carbocycles. The Morgan fingerprint density at radius 1 is 1.32 bits per heavy atom. The van der Waals surface area contributed by atoms with Gasteiger partial charge in [-0.1, -0.05) is 6.92 Å². The SMILES string of the molecule is CCC1(CO)OC(n2ccc(=O)[nH]c2=O)C2(C)OC3(CCCC3)OC12. The number of nitrogens with zero attached hydrogens (tertiary/aromatic N) is 1. The summed E-state index contributed by atoms with van der Waals surface area (Å²) in [7, 11) is 0. The Balaban J connectivity index is 1.82. The van der Waals surface area contributed by atoms with Crippen molar-refractivity contribution in [2.45, 2.75) is 75.3 Å². The summed E-state index contributed by atoms with van der Waals surface area (Å²) in [5.74, 6) is -0.678. The summed E-state index contributed by atoms with van der Waals surface area (Å²) < 4.78 is 20.3. The quantitative estimate of drug-likeness (QED) is 0.828. The second-order valence-electron chi connectivity index (χ2n) is 7.47. The molecule has 2 saturated heterocycles. The van der Waals surface area contributed by atoms with Crippen LogP contribution in [-0.2, 0) is 14.2 Å². The van der Waals surface area contributed by atoms with E-state index in [1.54, 1.807) is 0 Å². The molecule has 2 aliphatic heterocycles. The lowest BCUT2D eigenvalue weighted by atomic mass is 9.86. The molecule has 0 bridgehead atoms. The van der Waals surface area contributed by atoms with E-state index in [2.05, 4.69) is 4.98 Å². The van der Waals surface area contributed by atoms with Crippen LogP contribution in [0.3, 0.4) is 0 Å². The maximum absolute atomic E-state index is 12.3. The van der Waals surface area contributed by atoms with Gasteiger partial charge in [-0.05, 0) is 26.2 Å². The first-order valence-corrected chi connectivity index (χ1v) is 8.86. The fourth-order valence-corrected chi connectivity index (χ4v) is 4.60. The summed E-state index contributed by atoms with van der Waals surface area (Å²) in [5, 5.41) is 10.1. The average molecular weight is 352 g/mol. The molecule has 0 radical (unpaired) electrons. The van der Waals surface area contributed by atoms with Crippen molar-refractivity contribution in [1.82, 2.24) is 9.55 Å². The van der Waals surface area contributed by atoms with Crippen molar-refractivity contribution in [3.8, 4) is 0 Å². The number of rotatable bonds is 3. The molecule has 1 aromatic rings. The first kappa shape index (κ1) is 17.0. The number of aromatic amines is 1. The van der Waals surface area contributed by atoms with Crippen molar-refractivity contribution in [2.24, 2.45) is 0 Å². The third kappa shape index (κ3) is 2.28. The minimum atomic E-state index is -0.957. The molecule has 0 amide bonds. The largest absolute Gasteiger partial charge is 0.393 e. The van der Waals surface area contributed by atoms with E-state index < -0.39 is 40.6 Å². The van der Waals surface area contributed by atoms with E-state index in [0.717, 1.165) is 25.7 Å². The van der Waals surface area contributed by atoms with Gasteiger partial charge >= 0.3 is 5.69 Å². The molecular formula is C17H24N2O6. The zero-order valence-electron chi connectivity index (χ0n) is 14.5. The van der Waals surface area contributed by atoms with Gasteiger partial charge in [0, 0.05) is 25.1 Å². The fourth-order valence-electron chi connectivity index (χ4n) is 4.60. The van der Waals surface area contributed by atoms with Gasteiger partial charge in [0.2, 0.25) is 0 Å². The summed E-state index contributed by atoms with van der Waals surface area (Å²) >= 11 is 0. The van der Waals surface area contributed by atoms with Gasteiger partial charge in [-0.2, -0.15) is 0 Å². The highest BCUT2D eigenvalue weighted by Crippen LogP contribution is 2.58. The smallest absolute Gasteiger partial charge is 0.330 e. The summed E-state index contributed by atoms with van der Waals surface area (Å²) in [4.78, 5) is 26.0. The van der Waals surface area contributed by atoms with E-state index in [0.29, 0.717) is 6.42 Å². The maximum Gasteiger partial charge on any atom is 0.330 e. The molecule has 1 saturated carbocycles. The summed E-state index contributed by atoms with van der Waals surface area (Å²) in [6, 6.07) is 1.27. The van der Waals surface area contributed by atoms with E-state index in [1.807, 2.05) is 13.8 Å². The number of aliphatic hydroxyl groups excluding tert-OH is 1. The molecule has 8 heteroatoms. The van der Waals surface area contributed by atoms with Crippen LogP contribution in [0.5, 0.6) is 0 Å². The molecule has 3 heterocycles. The first-order chi connectivity index (χ1) is 11.9. The Morgan fingerprint density at radius 2 is 2.04 bits per heavy atom. The number of aromatic nitrogens is 2. The lowest BCUT2D eigenvalue weighted by Gasteiger charge is -2.33. The fraction of sp³-hybridized carbons (Fsp3) is 0.765. The van der Waals surface area contributed by atoms with Crippen molar-refractivity contribution in [1.29, 1.82) is 0 Å². The summed E-state index contributed by atoms with van der Waals surface area (Å²) in [6.07, 6.45) is 4.23. The van der Waals surface area contributed by atoms with Crippen LogP contribution in [0.4, 0.5) is 0 Å². The molecule has 138 valence electrons. The summed E-state index contributed by atoms with van der Waals surface area (Å²) in [5.41, 5.74) is -2.94. The molecule has 4 rings (SSSR count). The highest BCUT2D eigenvalue weighted by atomic mass is 16.8. The summed E-state index contributed by atoms with van der Waals surface area (Å²) in [6.45, 7) is 3.54. The molecule has 8 nitrogen and oxygen atoms in total. The first-order valence-electron chi connectivity index (χ1n) is 8.86. The van der Waals surface area contributed by atoms with Crippen molar-refractivity contribution >= 4 is 0 Å². The van der Waals surface area contributed by atoms with Crippen LogP contribution < -0.4 is 11.2 Å². The number of H-pyrrole nitrogens is 1. The standard InChI is InChI=1S/C17H24N2O6/c1-3-16(10-20)12-15(2,25-17(23-12)7-4-5-8-17)13(24-16)19-9-6-11(21)18-14(19)22/h6,9,12-13,20H,3-5,7-8,10H2,1-2H3,(H,18,21,22). The highest BCUT2D eigenvalue weighted by molar-refractivity contribution is 5.14. The van der Waals surface area contributed by atoms with Crippen LogP contribution in [0.15, 0.2) is 21.9 Å². The Hall–Kier alpha value is -1.48. The zero-order chi connectivity index (χ0) is 17.9. The molecule has 4 atom stereocenters. The number of nitrogens with one attached hydrogen (secondary N) is 1. The molecule has 25 heavy (non-hydrogen) atoms. The second-order valence-corrected chi connectivity index (χ2v) is 7.47. The van der Waals surface area contributed by atoms with Gasteiger partial charge in [-0.3, -0.25) is 14.3 Å². The van der Waals surface area contributed by atoms with Gasteiger partial charge in [0.15, 0.2) is 12.0 Å². The van der Waals surface area contributed by atoms with Crippen LogP contribution in [0.25, 0.3) is 0 Å². The van der Waals surface area contributed by atoms with Crippen LogP contribution in [0.2, 0.25) is 0 Å². The normalized spacial score (nSPS) is 39.2. The Kier molecular flexibility index (Phi) is 3.74. The minimum absolute atomic E-state index is 0.238. The van der Waals surface area contributed by atoms with Crippen molar-refractivity contribution in [3.63, 3.8) is 0 Å². The number of aliphatic hydroxyl groups is 1. The van der Waals surface area contributed by atoms with E-state index in [9.17, 15) is 14.7 Å². The predicted octanol–water partition coefficient (Wildman–Crippen LogP) is 0.651. The second kappa shape index (κ2) is 5.51. The number of fused-ring (bicyclic) bond motifs is 1. The third-order valence-electron chi connectivity index (χ3n) is 5.91. The molecule has 1 aliphatic carbocycles. The van der Waals surface area contributed by atoms with Crippen molar-refractivity contribution < 1.29 is 19.3 Å². The molecule has 4 unspecified atom stereocenters. The highest BCUT2D eigenvalue weighted by Gasteiger charge is 2.71. The topological polar surface area (TPSA) is 103 Å². The molecule has 2 N–H and O–H groups in total. The monoisotopic (exact) mass is 352 g/mol. The van der Waals surface area contributed by atoms with Gasteiger partial charge in [-0.25, -0.2) is 4.79 Å². The number of hydrogen-bond donors (Lipinski definition) is 2. The minimum Gasteiger partial charge on any atom is -0.393 e. The third-order valence-corrected chi connectivity index (χ3v) is 5.91. The van der Waals surface area contributed by atoms with Gasteiger partial charge < -0.3 is 19.3 Å². The van der Waals surface area contributed by atoms with Crippen LogP contribution in [0.1, 0.15) is 52.2 Å². The number of hydrogen-bond acceptors (Lipinski definition) is 6. The Bertz CT molecular complexity index is 776. The predicted molar refractivity (Wildman–Crippen MR) is 87.1 cm³/mol.